The van der Waals surface area contributed by atoms with Crippen molar-refractivity contribution in [3.63, 3.8) is 0 Å². The zero-order valence-electron chi connectivity index (χ0n) is 16.8. The minimum Gasteiger partial charge on any atom is -0.103 e. The van der Waals surface area contributed by atoms with Crippen LogP contribution in [0.15, 0.2) is 74.9 Å². The number of allylic oxidation sites excluding steroid dienone is 4. The average Bonchev–Trinajstić information content (AvgIpc) is 2.65. The number of benzene rings is 2. The fourth-order valence-corrected chi connectivity index (χ4v) is 3.88. The van der Waals surface area contributed by atoms with Crippen LogP contribution in [0.25, 0.3) is 0 Å². The van der Waals surface area contributed by atoms with Gasteiger partial charge in [-0.2, -0.15) is 0 Å². The minimum atomic E-state index is -0.160. The normalized spacial score (nSPS) is 11.0. The molecule has 0 atom stereocenters. The second-order valence-electron chi connectivity index (χ2n) is 7.29. The van der Waals surface area contributed by atoms with Gasteiger partial charge in [0.25, 0.3) is 0 Å². The molecule has 0 heterocycles. The van der Waals surface area contributed by atoms with E-state index in [1.807, 2.05) is 36.4 Å². The van der Waals surface area contributed by atoms with Crippen LogP contribution >= 0.6 is 0 Å². The molecular weight excluding hydrogens is 324 g/mol. The predicted molar refractivity (Wildman–Crippen MR) is 118 cm³/mol. The van der Waals surface area contributed by atoms with Gasteiger partial charge in [0.1, 0.15) is 0 Å². The molecule has 0 aliphatic heterocycles. The van der Waals surface area contributed by atoms with Gasteiger partial charge in [0.15, 0.2) is 0 Å². The lowest BCUT2D eigenvalue weighted by molar-refractivity contribution is 0.624. The van der Waals surface area contributed by atoms with Gasteiger partial charge in [0, 0.05) is 5.41 Å². The van der Waals surface area contributed by atoms with E-state index in [2.05, 4.69) is 64.4 Å². The molecule has 0 aromatic heterocycles. The first-order chi connectivity index (χ1) is 13.0. The summed E-state index contributed by atoms with van der Waals surface area (Å²) >= 11 is 0. The first-order valence-electron chi connectivity index (χ1n) is 9.50. The van der Waals surface area contributed by atoms with Gasteiger partial charge in [-0.05, 0) is 71.2 Å². The molecule has 2 radical (unpaired) electrons. The van der Waals surface area contributed by atoms with Crippen molar-refractivity contribution in [1.29, 1.82) is 0 Å². The van der Waals surface area contributed by atoms with Crippen LogP contribution in [-0.2, 0) is 31.1 Å². The lowest BCUT2D eigenvalue weighted by Gasteiger charge is -2.32. The molecule has 0 nitrogen and oxygen atoms in total. The average molecular weight is 355 g/mol. The Labute approximate surface area is 165 Å². The molecule has 0 aliphatic rings. The van der Waals surface area contributed by atoms with Crippen molar-refractivity contribution in [2.75, 3.05) is 0 Å². The van der Waals surface area contributed by atoms with E-state index in [1.54, 1.807) is 0 Å². The molecule has 138 valence electrons. The Kier molecular flexibility index (Phi) is 7.19. The van der Waals surface area contributed by atoms with Crippen LogP contribution in [0, 0.1) is 12.1 Å². The zero-order chi connectivity index (χ0) is 19.9. The summed E-state index contributed by atoms with van der Waals surface area (Å²) in [5.41, 5.74) is 7.49. The molecule has 0 saturated heterocycles. The van der Waals surface area contributed by atoms with E-state index >= 15 is 0 Å². The van der Waals surface area contributed by atoms with Crippen molar-refractivity contribution in [2.24, 2.45) is 0 Å². The van der Waals surface area contributed by atoms with Crippen LogP contribution in [0.4, 0.5) is 0 Å². The van der Waals surface area contributed by atoms with E-state index in [0.717, 1.165) is 25.7 Å². The van der Waals surface area contributed by atoms with Gasteiger partial charge in [0.05, 0.1) is 0 Å². The summed E-state index contributed by atoms with van der Waals surface area (Å²) in [7, 11) is 0. The van der Waals surface area contributed by atoms with Gasteiger partial charge in [-0.25, -0.2) is 0 Å². The Morgan fingerprint density at radius 2 is 1.07 bits per heavy atom. The fourth-order valence-electron chi connectivity index (χ4n) is 3.88. The van der Waals surface area contributed by atoms with Gasteiger partial charge >= 0.3 is 0 Å². The van der Waals surface area contributed by atoms with E-state index < -0.39 is 0 Å². The van der Waals surface area contributed by atoms with Crippen molar-refractivity contribution in [3.8, 4) is 0 Å². The highest BCUT2D eigenvalue weighted by Crippen LogP contribution is 2.38. The maximum absolute atomic E-state index is 3.97. The van der Waals surface area contributed by atoms with Gasteiger partial charge < -0.3 is 0 Å². The quantitative estimate of drug-likeness (QED) is 0.426. The molecule has 0 saturated carbocycles. The van der Waals surface area contributed by atoms with Crippen LogP contribution in [0.5, 0.6) is 0 Å². The van der Waals surface area contributed by atoms with Crippen molar-refractivity contribution in [1.82, 2.24) is 0 Å². The van der Waals surface area contributed by atoms with Crippen LogP contribution in [0.2, 0.25) is 0 Å². The summed E-state index contributed by atoms with van der Waals surface area (Å²) in [6.45, 7) is 20.3. The van der Waals surface area contributed by atoms with Crippen LogP contribution in [-0.4, -0.2) is 0 Å². The Morgan fingerprint density at radius 1 is 0.704 bits per heavy atom. The number of rotatable bonds is 10. The molecule has 0 aliphatic carbocycles. The molecule has 0 amide bonds. The predicted octanol–water partition coefficient (Wildman–Crippen LogP) is 6.53. The Balaban J connectivity index is 2.72. The van der Waals surface area contributed by atoms with Crippen molar-refractivity contribution in [2.45, 2.75) is 44.9 Å². The summed E-state index contributed by atoms with van der Waals surface area (Å²) in [5.74, 6) is 0. The summed E-state index contributed by atoms with van der Waals surface area (Å²) in [5, 5.41) is 0. The first-order valence-corrected chi connectivity index (χ1v) is 9.50. The maximum atomic E-state index is 3.97. The molecule has 27 heavy (non-hydrogen) atoms. The van der Waals surface area contributed by atoms with Crippen molar-refractivity contribution < 1.29 is 0 Å². The van der Waals surface area contributed by atoms with Crippen LogP contribution in [0.1, 0.15) is 47.2 Å². The Hall–Kier alpha value is -2.60. The van der Waals surface area contributed by atoms with Crippen LogP contribution < -0.4 is 0 Å². The molecule has 0 fully saturated rings. The SMILES string of the molecule is C=CCc1[c]ccc(C(C)(C)c2cc[c]c(CC=C)c2CC=C)c1CC=C. The summed E-state index contributed by atoms with van der Waals surface area (Å²) in [6.07, 6.45) is 11.1. The third-order valence-corrected chi connectivity index (χ3v) is 5.13. The van der Waals surface area contributed by atoms with Gasteiger partial charge in [0.2, 0.25) is 0 Å². The van der Waals surface area contributed by atoms with Crippen LogP contribution in [0.3, 0.4) is 0 Å². The smallest absolute Gasteiger partial charge is 0.0152 e. The second kappa shape index (κ2) is 9.37. The van der Waals surface area contributed by atoms with E-state index in [0.29, 0.717) is 0 Å². The highest BCUT2D eigenvalue weighted by molar-refractivity contribution is 5.51. The highest BCUT2D eigenvalue weighted by Gasteiger charge is 2.29. The molecule has 2 aromatic carbocycles. The standard InChI is InChI=1S/C27H30/c1-7-13-21-17-11-19-25(23(21)15-9-3)27(5,6)26-20-12-18-22(14-8-2)24(26)16-10-4/h7-12,19-20H,1-4,13-16H2,5-6H3. The largest absolute Gasteiger partial charge is 0.103 e. The number of hydrogen-bond donors (Lipinski definition) is 0. The second-order valence-corrected chi connectivity index (χ2v) is 7.29. The van der Waals surface area contributed by atoms with Crippen molar-refractivity contribution >= 4 is 0 Å². The zero-order valence-corrected chi connectivity index (χ0v) is 16.8. The molecule has 0 N–H and O–H groups in total. The Morgan fingerprint density at radius 3 is 1.41 bits per heavy atom. The fraction of sp³-hybridized carbons (Fsp3) is 0.259. The summed E-state index contributed by atoms with van der Waals surface area (Å²) in [6, 6.07) is 15.3. The lowest BCUT2D eigenvalue weighted by Crippen LogP contribution is -2.24. The third-order valence-electron chi connectivity index (χ3n) is 5.13. The highest BCUT2D eigenvalue weighted by atomic mass is 14.3. The monoisotopic (exact) mass is 354 g/mol. The minimum absolute atomic E-state index is 0.160. The van der Waals surface area contributed by atoms with Gasteiger partial charge in [-0.1, -0.05) is 62.4 Å². The third kappa shape index (κ3) is 4.39. The topological polar surface area (TPSA) is 0 Å². The molecule has 0 unspecified atom stereocenters. The summed E-state index contributed by atoms with van der Waals surface area (Å²) in [4.78, 5) is 0. The molecule has 2 rings (SSSR count). The molecule has 0 heteroatoms. The summed E-state index contributed by atoms with van der Waals surface area (Å²) < 4.78 is 0. The number of hydrogen-bond acceptors (Lipinski definition) is 0. The van der Waals surface area contributed by atoms with E-state index in [1.165, 1.54) is 33.4 Å². The first kappa shape index (κ1) is 20.7. The molecule has 2 aromatic rings. The van der Waals surface area contributed by atoms with E-state index in [-0.39, 0.29) is 5.41 Å². The maximum Gasteiger partial charge on any atom is 0.0152 e. The lowest BCUT2D eigenvalue weighted by atomic mass is 9.71. The molecule has 0 spiro atoms. The van der Waals surface area contributed by atoms with Gasteiger partial charge in [-0.15, -0.1) is 26.3 Å². The molecule has 0 bridgehead atoms. The van der Waals surface area contributed by atoms with Gasteiger partial charge in [-0.3, -0.25) is 0 Å². The van der Waals surface area contributed by atoms with E-state index in [4.69, 9.17) is 0 Å². The van der Waals surface area contributed by atoms with Crippen molar-refractivity contribution in [3.05, 3.63) is 120 Å². The Bertz CT molecular complexity index is 764. The van der Waals surface area contributed by atoms with E-state index in [9.17, 15) is 0 Å². The molecular formula is C27H30.